The van der Waals surface area contributed by atoms with E-state index in [9.17, 15) is 0 Å². The lowest BCUT2D eigenvalue weighted by molar-refractivity contribution is 0.714. The molecule has 2 atom stereocenters. The van der Waals surface area contributed by atoms with Crippen LogP contribution >= 0.6 is 11.8 Å². The summed E-state index contributed by atoms with van der Waals surface area (Å²) in [7, 11) is 0. The van der Waals surface area contributed by atoms with Gasteiger partial charge in [0.2, 0.25) is 0 Å². The second kappa shape index (κ2) is 4.07. The van der Waals surface area contributed by atoms with E-state index < -0.39 is 0 Å². The molecule has 0 aromatic carbocycles. The molecule has 3 nitrogen and oxygen atoms in total. The molecule has 1 aliphatic carbocycles. The van der Waals surface area contributed by atoms with Crippen LogP contribution in [-0.4, -0.2) is 21.3 Å². The highest BCUT2D eigenvalue weighted by atomic mass is 32.2. The summed E-state index contributed by atoms with van der Waals surface area (Å²) >= 11 is 1.71. The van der Waals surface area contributed by atoms with E-state index >= 15 is 0 Å². The molecule has 1 aliphatic rings. The van der Waals surface area contributed by atoms with Gasteiger partial charge in [-0.25, -0.2) is 9.97 Å². The number of nitrogens with zero attached hydrogens (tertiary/aromatic N) is 2. The van der Waals surface area contributed by atoms with E-state index in [0.29, 0.717) is 11.3 Å². The number of nitrogens with two attached hydrogens (primary N) is 1. The molecule has 0 radical (unpaired) electrons. The first-order chi connectivity index (χ1) is 6.36. The monoisotopic (exact) mass is 195 g/mol. The predicted octanol–water partition coefficient (Wildman–Crippen LogP) is 1.45. The van der Waals surface area contributed by atoms with E-state index in [2.05, 4.69) is 9.97 Å². The van der Waals surface area contributed by atoms with Crippen LogP contribution in [0.25, 0.3) is 0 Å². The molecule has 2 N–H and O–H groups in total. The van der Waals surface area contributed by atoms with E-state index in [4.69, 9.17) is 5.73 Å². The van der Waals surface area contributed by atoms with Gasteiger partial charge in [-0.2, -0.15) is 0 Å². The van der Waals surface area contributed by atoms with E-state index in [1.54, 1.807) is 24.2 Å². The van der Waals surface area contributed by atoms with Crippen molar-refractivity contribution in [3.63, 3.8) is 0 Å². The Hall–Kier alpha value is -0.610. The Kier molecular flexibility index (Phi) is 2.80. The fourth-order valence-electron chi connectivity index (χ4n) is 1.58. The van der Waals surface area contributed by atoms with Gasteiger partial charge in [-0.3, -0.25) is 0 Å². The van der Waals surface area contributed by atoms with E-state index in [1.165, 1.54) is 12.8 Å². The van der Waals surface area contributed by atoms with Gasteiger partial charge < -0.3 is 5.73 Å². The summed E-state index contributed by atoms with van der Waals surface area (Å²) in [5.74, 6) is 0. The van der Waals surface area contributed by atoms with Crippen LogP contribution < -0.4 is 5.73 Å². The van der Waals surface area contributed by atoms with Crippen molar-refractivity contribution in [2.45, 2.75) is 35.7 Å². The van der Waals surface area contributed by atoms with E-state index in [1.807, 2.05) is 6.07 Å². The minimum Gasteiger partial charge on any atom is -0.327 e. The first kappa shape index (κ1) is 8.97. The highest BCUT2D eigenvalue weighted by Gasteiger charge is 2.25. The van der Waals surface area contributed by atoms with Gasteiger partial charge in [-0.15, -0.1) is 0 Å². The van der Waals surface area contributed by atoms with Gasteiger partial charge in [0.15, 0.2) is 5.16 Å². The van der Waals surface area contributed by atoms with Crippen molar-refractivity contribution in [3.05, 3.63) is 18.5 Å². The van der Waals surface area contributed by atoms with Gasteiger partial charge >= 0.3 is 0 Å². The molecule has 1 saturated carbocycles. The average Bonchev–Trinajstić information content (AvgIpc) is 2.54. The van der Waals surface area contributed by atoms with Crippen molar-refractivity contribution < 1.29 is 0 Å². The lowest BCUT2D eigenvalue weighted by atomic mass is 10.3. The number of hydrogen-bond acceptors (Lipinski definition) is 4. The van der Waals surface area contributed by atoms with E-state index in [0.717, 1.165) is 11.6 Å². The smallest absolute Gasteiger partial charge is 0.187 e. The maximum atomic E-state index is 5.95. The highest BCUT2D eigenvalue weighted by molar-refractivity contribution is 7.99. The summed E-state index contributed by atoms with van der Waals surface area (Å²) < 4.78 is 0. The molecule has 4 heteroatoms. The molecule has 0 amide bonds. The highest BCUT2D eigenvalue weighted by Crippen LogP contribution is 2.31. The third kappa shape index (κ3) is 2.19. The SMILES string of the molecule is NC1CCCC1Sc1ncccn1. The Bertz CT molecular complexity index is 265. The normalized spacial score (nSPS) is 27.8. The van der Waals surface area contributed by atoms with E-state index in [-0.39, 0.29) is 0 Å². The molecule has 1 fully saturated rings. The standard InChI is InChI=1S/C9H13N3S/c10-7-3-1-4-8(7)13-9-11-5-2-6-12-9/h2,5-8H,1,3-4,10H2. The van der Waals surface area contributed by atoms with Crippen LogP contribution in [0.1, 0.15) is 19.3 Å². The Morgan fingerprint density at radius 3 is 2.69 bits per heavy atom. The summed E-state index contributed by atoms with van der Waals surface area (Å²) in [6, 6.07) is 2.16. The molecular weight excluding hydrogens is 182 g/mol. The molecule has 2 unspecified atom stereocenters. The number of hydrogen-bond donors (Lipinski definition) is 1. The van der Waals surface area contributed by atoms with Crippen LogP contribution in [-0.2, 0) is 0 Å². The maximum Gasteiger partial charge on any atom is 0.187 e. The average molecular weight is 195 g/mol. The zero-order chi connectivity index (χ0) is 9.10. The Morgan fingerprint density at radius 1 is 1.31 bits per heavy atom. The van der Waals surface area contributed by atoms with Crippen molar-refractivity contribution >= 4 is 11.8 Å². The largest absolute Gasteiger partial charge is 0.327 e. The van der Waals surface area contributed by atoms with Gasteiger partial charge in [0.05, 0.1) is 0 Å². The van der Waals surface area contributed by atoms with Crippen molar-refractivity contribution in [1.82, 2.24) is 9.97 Å². The molecule has 0 aliphatic heterocycles. The maximum absolute atomic E-state index is 5.95. The van der Waals surface area contributed by atoms with Gasteiger partial charge in [-0.1, -0.05) is 18.2 Å². The van der Waals surface area contributed by atoms with Crippen LogP contribution in [0.2, 0.25) is 0 Å². The van der Waals surface area contributed by atoms with Crippen molar-refractivity contribution in [3.8, 4) is 0 Å². The second-order valence-corrected chi connectivity index (χ2v) is 4.49. The zero-order valence-electron chi connectivity index (χ0n) is 7.39. The molecule has 0 spiro atoms. The van der Waals surface area contributed by atoms with Gasteiger partial charge in [0.25, 0.3) is 0 Å². The minimum absolute atomic E-state index is 0.328. The van der Waals surface area contributed by atoms with Crippen molar-refractivity contribution in [2.75, 3.05) is 0 Å². The Labute approximate surface area is 82.2 Å². The van der Waals surface area contributed by atoms with Crippen molar-refractivity contribution in [1.29, 1.82) is 0 Å². The second-order valence-electron chi connectivity index (χ2n) is 3.28. The summed E-state index contributed by atoms with van der Waals surface area (Å²) in [5, 5.41) is 1.37. The molecule has 13 heavy (non-hydrogen) atoms. The number of aromatic nitrogens is 2. The van der Waals surface area contributed by atoms with Gasteiger partial charge in [0, 0.05) is 23.7 Å². The summed E-state index contributed by atoms with van der Waals surface area (Å²) in [6.45, 7) is 0. The first-order valence-corrected chi connectivity index (χ1v) is 5.43. The molecule has 70 valence electrons. The molecule has 2 rings (SSSR count). The molecule has 1 heterocycles. The third-order valence-corrected chi connectivity index (χ3v) is 3.61. The topological polar surface area (TPSA) is 51.8 Å². The predicted molar refractivity (Wildman–Crippen MR) is 53.5 cm³/mol. The van der Waals surface area contributed by atoms with Crippen LogP contribution in [0.15, 0.2) is 23.6 Å². The Morgan fingerprint density at radius 2 is 2.08 bits per heavy atom. The number of rotatable bonds is 2. The summed E-state index contributed by atoms with van der Waals surface area (Å²) in [4.78, 5) is 8.35. The van der Waals surface area contributed by atoms with Gasteiger partial charge in [-0.05, 0) is 18.9 Å². The van der Waals surface area contributed by atoms with Crippen molar-refractivity contribution in [2.24, 2.45) is 5.73 Å². The molecule has 0 bridgehead atoms. The molecule has 1 aromatic rings. The fraction of sp³-hybridized carbons (Fsp3) is 0.556. The van der Waals surface area contributed by atoms with Gasteiger partial charge in [0.1, 0.15) is 0 Å². The lowest BCUT2D eigenvalue weighted by Gasteiger charge is -2.12. The van der Waals surface area contributed by atoms with Crippen LogP contribution in [0.3, 0.4) is 0 Å². The van der Waals surface area contributed by atoms with Crippen LogP contribution in [0.5, 0.6) is 0 Å². The molecular formula is C9H13N3S. The van der Waals surface area contributed by atoms with Crippen LogP contribution in [0, 0.1) is 0 Å². The molecule has 0 saturated heterocycles. The zero-order valence-corrected chi connectivity index (χ0v) is 8.20. The Balaban J connectivity index is 1.98. The first-order valence-electron chi connectivity index (χ1n) is 4.55. The number of thioether (sulfide) groups is 1. The lowest BCUT2D eigenvalue weighted by Crippen LogP contribution is -2.26. The van der Waals surface area contributed by atoms with Crippen LogP contribution in [0.4, 0.5) is 0 Å². The minimum atomic E-state index is 0.328. The quantitative estimate of drug-likeness (QED) is 0.726. The fourth-order valence-corrected chi connectivity index (χ4v) is 2.69. The summed E-state index contributed by atoms with van der Waals surface area (Å²) in [5.41, 5.74) is 5.95. The summed E-state index contributed by atoms with van der Waals surface area (Å²) in [6.07, 6.45) is 7.13. The molecule has 1 aromatic heterocycles. The third-order valence-electron chi connectivity index (χ3n) is 2.30.